The summed E-state index contributed by atoms with van der Waals surface area (Å²) >= 11 is 0. The molecule has 6 nitrogen and oxygen atoms in total. The van der Waals surface area contributed by atoms with Crippen LogP contribution in [0.1, 0.15) is 19.1 Å². The first-order valence-corrected chi connectivity index (χ1v) is 6.75. The summed E-state index contributed by atoms with van der Waals surface area (Å²) in [5, 5.41) is 3.14. The second kappa shape index (κ2) is 6.91. The van der Waals surface area contributed by atoms with Crippen LogP contribution in [0.25, 0.3) is 0 Å². The van der Waals surface area contributed by atoms with Crippen LogP contribution in [-0.4, -0.2) is 15.7 Å². The summed E-state index contributed by atoms with van der Waals surface area (Å²) in [5.74, 6) is 0.828. The third-order valence-electron chi connectivity index (χ3n) is 3.00. The molecule has 1 N–H and O–H groups in total. The lowest BCUT2D eigenvalue weighted by Crippen LogP contribution is -2.41. The fraction of sp³-hybridized carbons (Fsp3) is 0.429. The Labute approximate surface area is 116 Å². The van der Waals surface area contributed by atoms with E-state index in [0.717, 1.165) is 12.2 Å². The average molecular weight is 277 g/mol. The van der Waals surface area contributed by atoms with Crippen LogP contribution in [0.2, 0.25) is 0 Å². The van der Waals surface area contributed by atoms with Crippen LogP contribution in [0.15, 0.2) is 44.7 Å². The SMILES string of the molecule is CCCn1ccc(=O)n(CCNCc2ccco2)c1=O. The molecule has 0 saturated heterocycles. The van der Waals surface area contributed by atoms with Gasteiger partial charge in [-0.3, -0.25) is 9.36 Å². The van der Waals surface area contributed by atoms with Gasteiger partial charge < -0.3 is 14.3 Å². The van der Waals surface area contributed by atoms with E-state index in [-0.39, 0.29) is 11.2 Å². The molecule has 0 amide bonds. The molecule has 0 saturated carbocycles. The molecule has 2 heterocycles. The Morgan fingerprint density at radius 1 is 1.25 bits per heavy atom. The van der Waals surface area contributed by atoms with Gasteiger partial charge in [-0.1, -0.05) is 6.92 Å². The number of nitrogens with one attached hydrogen (secondary N) is 1. The third kappa shape index (κ3) is 3.48. The van der Waals surface area contributed by atoms with Gasteiger partial charge in [0.05, 0.1) is 12.8 Å². The molecule has 0 radical (unpaired) electrons. The maximum absolute atomic E-state index is 12.1. The molecule has 0 spiro atoms. The van der Waals surface area contributed by atoms with E-state index in [2.05, 4.69) is 5.32 Å². The summed E-state index contributed by atoms with van der Waals surface area (Å²) in [6, 6.07) is 5.13. The van der Waals surface area contributed by atoms with Crippen LogP contribution >= 0.6 is 0 Å². The van der Waals surface area contributed by atoms with Crippen molar-refractivity contribution in [3.8, 4) is 0 Å². The topological polar surface area (TPSA) is 69.2 Å². The molecule has 0 atom stereocenters. The highest BCUT2D eigenvalue weighted by Gasteiger charge is 2.04. The maximum Gasteiger partial charge on any atom is 0.331 e. The van der Waals surface area contributed by atoms with Gasteiger partial charge in [-0.25, -0.2) is 4.79 Å². The summed E-state index contributed by atoms with van der Waals surface area (Å²) in [5.41, 5.74) is -0.513. The van der Waals surface area contributed by atoms with Gasteiger partial charge in [-0.05, 0) is 18.6 Å². The first-order valence-electron chi connectivity index (χ1n) is 6.75. The summed E-state index contributed by atoms with van der Waals surface area (Å²) in [6.45, 7) is 4.08. The molecule has 0 aliphatic carbocycles. The molecule has 108 valence electrons. The van der Waals surface area contributed by atoms with E-state index < -0.39 is 0 Å². The Morgan fingerprint density at radius 3 is 2.80 bits per heavy atom. The highest BCUT2D eigenvalue weighted by Crippen LogP contribution is 1.97. The van der Waals surface area contributed by atoms with Gasteiger partial charge in [0, 0.05) is 31.9 Å². The summed E-state index contributed by atoms with van der Waals surface area (Å²) in [7, 11) is 0. The highest BCUT2D eigenvalue weighted by atomic mass is 16.3. The van der Waals surface area contributed by atoms with Crippen molar-refractivity contribution >= 4 is 0 Å². The molecule has 0 bridgehead atoms. The van der Waals surface area contributed by atoms with Crippen LogP contribution in [0, 0.1) is 0 Å². The van der Waals surface area contributed by atoms with Crippen molar-refractivity contribution in [1.82, 2.24) is 14.5 Å². The Kier molecular flexibility index (Phi) is 4.95. The standard InChI is InChI=1S/C14H19N3O3/c1-2-7-16-8-5-13(18)17(14(16)19)9-6-15-11-12-4-3-10-20-12/h3-5,8,10,15H,2,6-7,9,11H2,1H3. The molecule has 6 heteroatoms. The van der Waals surface area contributed by atoms with E-state index in [4.69, 9.17) is 4.42 Å². The molecular weight excluding hydrogens is 258 g/mol. The van der Waals surface area contributed by atoms with Crippen molar-refractivity contribution in [3.63, 3.8) is 0 Å². The zero-order valence-corrected chi connectivity index (χ0v) is 11.5. The van der Waals surface area contributed by atoms with Crippen LogP contribution in [-0.2, 0) is 19.6 Å². The van der Waals surface area contributed by atoms with E-state index in [9.17, 15) is 9.59 Å². The molecule has 0 fully saturated rings. The number of nitrogens with zero attached hydrogens (tertiary/aromatic N) is 2. The van der Waals surface area contributed by atoms with Gasteiger partial charge in [0.1, 0.15) is 5.76 Å². The molecule has 0 aromatic carbocycles. The van der Waals surface area contributed by atoms with Crippen LogP contribution in [0.3, 0.4) is 0 Å². The fourth-order valence-corrected chi connectivity index (χ4v) is 1.99. The minimum atomic E-state index is -0.262. The van der Waals surface area contributed by atoms with Gasteiger partial charge in [0.25, 0.3) is 5.56 Å². The van der Waals surface area contributed by atoms with Gasteiger partial charge in [-0.2, -0.15) is 0 Å². The van der Waals surface area contributed by atoms with Crippen LogP contribution in [0.4, 0.5) is 0 Å². The molecule has 20 heavy (non-hydrogen) atoms. The lowest BCUT2D eigenvalue weighted by atomic mass is 10.4. The van der Waals surface area contributed by atoms with Gasteiger partial charge in [-0.15, -0.1) is 0 Å². The van der Waals surface area contributed by atoms with E-state index in [1.54, 1.807) is 17.0 Å². The fourth-order valence-electron chi connectivity index (χ4n) is 1.99. The molecule has 2 aromatic rings. The van der Waals surface area contributed by atoms with E-state index >= 15 is 0 Å². The van der Waals surface area contributed by atoms with Crippen molar-refractivity contribution < 1.29 is 4.42 Å². The number of furan rings is 1. The normalized spacial score (nSPS) is 10.8. The second-order valence-electron chi connectivity index (χ2n) is 4.54. The van der Waals surface area contributed by atoms with Crippen molar-refractivity contribution in [2.45, 2.75) is 33.0 Å². The van der Waals surface area contributed by atoms with Gasteiger partial charge in [0.2, 0.25) is 0 Å². The van der Waals surface area contributed by atoms with E-state index in [1.165, 1.54) is 10.6 Å². The van der Waals surface area contributed by atoms with E-state index in [0.29, 0.717) is 26.2 Å². The molecule has 2 aromatic heterocycles. The molecule has 0 aliphatic rings. The summed E-state index contributed by atoms with van der Waals surface area (Å²) in [6.07, 6.45) is 4.03. The number of aromatic nitrogens is 2. The smallest absolute Gasteiger partial charge is 0.331 e. The Hall–Kier alpha value is -2.08. The number of rotatable bonds is 7. The number of hydrogen-bond acceptors (Lipinski definition) is 4. The van der Waals surface area contributed by atoms with Crippen LogP contribution in [0.5, 0.6) is 0 Å². The van der Waals surface area contributed by atoms with E-state index in [1.807, 2.05) is 19.1 Å². The summed E-state index contributed by atoms with van der Waals surface area (Å²) in [4.78, 5) is 23.8. The predicted molar refractivity (Wildman–Crippen MR) is 75.7 cm³/mol. The monoisotopic (exact) mass is 277 g/mol. The van der Waals surface area contributed by atoms with Crippen molar-refractivity contribution in [2.24, 2.45) is 0 Å². The summed E-state index contributed by atoms with van der Waals surface area (Å²) < 4.78 is 8.01. The zero-order chi connectivity index (χ0) is 14.4. The lowest BCUT2D eigenvalue weighted by molar-refractivity contribution is 0.466. The molecule has 2 rings (SSSR count). The molecule has 0 unspecified atom stereocenters. The molecular formula is C14H19N3O3. The number of hydrogen-bond donors (Lipinski definition) is 1. The third-order valence-corrected chi connectivity index (χ3v) is 3.00. The maximum atomic E-state index is 12.1. The largest absolute Gasteiger partial charge is 0.468 e. The highest BCUT2D eigenvalue weighted by molar-refractivity contribution is 4.97. The Bertz CT molecular complexity index is 640. The minimum absolute atomic E-state index is 0.251. The number of aryl methyl sites for hydroxylation is 1. The van der Waals surface area contributed by atoms with Gasteiger partial charge >= 0.3 is 5.69 Å². The first-order chi connectivity index (χ1) is 9.72. The quantitative estimate of drug-likeness (QED) is 0.760. The zero-order valence-electron chi connectivity index (χ0n) is 11.5. The lowest BCUT2D eigenvalue weighted by Gasteiger charge is -2.09. The van der Waals surface area contributed by atoms with Crippen molar-refractivity contribution in [2.75, 3.05) is 6.54 Å². The first kappa shape index (κ1) is 14.3. The Balaban J connectivity index is 1.96. The van der Waals surface area contributed by atoms with Crippen molar-refractivity contribution in [3.05, 3.63) is 57.3 Å². The van der Waals surface area contributed by atoms with Crippen molar-refractivity contribution in [1.29, 1.82) is 0 Å². The van der Waals surface area contributed by atoms with Gasteiger partial charge in [0.15, 0.2) is 0 Å². The predicted octanol–water partition coefficient (Wildman–Crippen LogP) is 0.803. The Morgan fingerprint density at radius 2 is 2.10 bits per heavy atom. The van der Waals surface area contributed by atoms with Crippen LogP contribution < -0.4 is 16.6 Å². The second-order valence-corrected chi connectivity index (χ2v) is 4.54. The average Bonchev–Trinajstić information content (AvgIpc) is 2.94. The molecule has 0 aliphatic heterocycles. The minimum Gasteiger partial charge on any atom is -0.468 e.